The van der Waals surface area contributed by atoms with Crippen LogP contribution >= 0.6 is 0 Å². The maximum atomic E-state index is 12.7. The molecule has 0 amide bonds. The fourth-order valence-corrected chi connectivity index (χ4v) is 2.37. The minimum atomic E-state index is -4.10. The van der Waals surface area contributed by atoms with Crippen molar-refractivity contribution >= 4 is 11.5 Å². The van der Waals surface area contributed by atoms with Crippen LogP contribution in [0.4, 0.5) is 24.7 Å². The minimum absolute atomic E-state index is 0.0979. The molecule has 2 N–H and O–H groups in total. The van der Waals surface area contributed by atoms with Crippen LogP contribution in [0.25, 0.3) is 0 Å². The SMILES string of the molecule is CCCOc1nc(N2CCC(C(F)(F)F)CC2)ccc1N. The molecule has 0 saturated carbocycles. The second kappa shape index (κ2) is 6.41. The quantitative estimate of drug-likeness (QED) is 0.928. The van der Waals surface area contributed by atoms with Crippen molar-refractivity contribution < 1.29 is 17.9 Å². The minimum Gasteiger partial charge on any atom is -0.476 e. The van der Waals surface area contributed by atoms with E-state index in [4.69, 9.17) is 10.5 Å². The number of nitrogen functional groups attached to an aromatic ring is 1. The number of aromatic nitrogens is 1. The predicted octanol–water partition coefficient (Wildman–Crippen LogP) is 3.23. The largest absolute Gasteiger partial charge is 0.476 e. The van der Waals surface area contributed by atoms with Crippen LogP contribution in [0.3, 0.4) is 0 Å². The smallest absolute Gasteiger partial charge is 0.391 e. The second-order valence-corrected chi connectivity index (χ2v) is 5.22. The number of pyridine rings is 1. The summed E-state index contributed by atoms with van der Waals surface area (Å²) in [5, 5.41) is 0. The number of nitrogens with zero attached hydrogens (tertiary/aromatic N) is 2. The van der Waals surface area contributed by atoms with E-state index < -0.39 is 12.1 Å². The molecule has 0 unspecified atom stereocenters. The fraction of sp³-hybridized carbons (Fsp3) is 0.643. The topological polar surface area (TPSA) is 51.4 Å². The van der Waals surface area contributed by atoms with Crippen molar-refractivity contribution in [1.29, 1.82) is 0 Å². The standard InChI is InChI=1S/C14H20F3N3O/c1-2-9-21-13-11(18)3-4-12(19-13)20-7-5-10(6-8-20)14(15,16)17/h3-4,10H,2,5-9,18H2,1H3. The lowest BCUT2D eigenvalue weighted by atomic mass is 9.96. The van der Waals surface area contributed by atoms with Gasteiger partial charge in [-0.05, 0) is 31.4 Å². The van der Waals surface area contributed by atoms with Gasteiger partial charge in [0, 0.05) is 13.1 Å². The van der Waals surface area contributed by atoms with Gasteiger partial charge in [0.2, 0.25) is 5.88 Å². The second-order valence-electron chi connectivity index (χ2n) is 5.22. The van der Waals surface area contributed by atoms with Gasteiger partial charge < -0.3 is 15.4 Å². The molecule has 1 saturated heterocycles. The van der Waals surface area contributed by atoms with Gasteiger partial charge in [0.25, 0.3) is 0 Å². The molecule has 0 spiro atoms. The van der Waals surface area contributed by atoms with Crippen molar-refractivity contribution in [3.05, 3.63) is 12.1 Å². The number of hydrogen-bond donors (Lipinski definition) is 1. The van der Waals surface area contributed by atoms with E-state index in [0.717, 1.165) is 6.42 Å². The van der Waals surface area contributed by atoms with Crippen molar-refractivity contribution in [3.63, 3.8) is 0 Å². The van der Waals surface area contributed by atoms with Gasteiger partial charge >= 0.3 is 6.18 Å². The molecule has 0 radical (unpaired) electrons. The van der Waals surface area contributed by atoms with Gasteiger partial charge in [0.1, 0.15) is 5.82 Å². The van der Waals surface area contributed by atoms with E-state index >= 15 is 0 Å². The molecule has 0 aromatic carbocycles. The zero-order chi connectivity index (χ0) is 15.5. The molecule has 118 valence electrons. The zero-order valence-corrected chi connectivity index (χ0v) is 12.0. The molecule has 4 nitrogen and oxygen atoms in total. The van der Waals surface area contributed by atoms with Gasteiger partial charge in [-0.1, -0.05) is 6.92 Å². The van der Waals surface area contributed by atoms with Gasteiger partial charge in [-0.3, -0.25) is 0 Å². The van der Waals surface area contributed by atoms with Gasteiger partial charge in [0.15, 0.2) is 0 Å². The van der Waals surface area contributed by atoms with Gasteiger partial charge in [-0.15, -0.1) is 0 Å². The van der Waals surface area contributed by atoms with Crippen molar-refractivity contribution in [3.8, 4) is 5.88 Å². The molecule has 21 heavy (non-hydrogen) atoms. The highest BCUT2D eigenvalue weighted by Gasteiger charge is 2.41. The average Bonchev–Trinajstić information content (AvgIpc) is 2.46. The normalized spacial score (nSPS) is 17.0. The first kappa shape index (κ1) is 15.7. The summed E-state index contributed by atoms with van der Waals surface area (Å²) in [5.41, 5.74) is 6.23. The summed E-state index contributed by atoms with van der Waals surface area (Å²) in [4.78, 5) is 6.17. The van der Waals surface area contributed by atoms with E-state index in [9.17, 15) is 13.2 Å². The molecule has 2 rings (SSSR count). The zero-order valence-electron chi connectivity index (χ0n) is 12.0. The van der Waals surface area contributed by atoms with Crippen molar-refractivity contribution in [1.82, 2.24) is 4.98 Å². The number of piperidine rings is 1. The summed E-state index contributed by atoms with van der Waals surface area (Å²) in [6.45, 7) is 3.17. The van der Waals surface area contributed by atoms with Crippen molar-refractivity contribution in [2.24, 2.45) is 5.92 Å². The number of alkyl halides is 3. The lowest BCUT2D eigenvalue weighted by Gasteiger charge is -2.33. The summed E-state index contributed by atoms with van der Waals surface area (Å²) in [6.07, 6.45) is -3.07. The molecule has 1 aromatic heterocycles. The van der Waals surface area contributed by atoms with E-state index in [1.165, 1.54) is 0 Å². The highest BCUT2D eigenvalue weighted by Crippen LogP contribution is 2.35. The van der Waals surface area contributed by atoms with Crippen LogP contribution in [-0.2, 0) is 0 Å². The Kier molecular flexibility index (Phi) is 4.80. The van der Waals surface area contributed by atoms with E-state index in [0.29, 0.717) is 37.1 Å². The molecule has 0 aliphatic carbocycles. The molecule has 1 aliphatic rings. The van der Waals surface area contributed by atoms with Gasteiger partial charge in [0.05, 0.1) is 18.2 Å². The molecule has 0 atom stereocenters. The van der Waals surface area contributed by atoms with E-state index in [1.807, 2.05) is 11.8 Å². The molecule has 2 heterocycles. The Bertz CT molecular complexity index is 471. The Morgan fingerprint density at radius 1 is 1.33 bits per heavy atom. The van der Waals surface area contributed by atoms with E-state index in [2.05, 4.69) is 4.98 Å². The number of halogens is 3. The van der Waals surface area contributed by atoms with Crippen LogP contribution in [0.5, 0.6) is 5.88 Å². The van der Waals surface area contributed by atoms with Crippen LogP contribution in [-0.4, -0.2) is 30.9 Å². The maximum absolute atomic E-state index is 12.7. The van der Waals surface area contributed by atoms with Crippen LogP contribution in [0.1, 0.15) is 26.2 Å². The first-order chi connectivity index (χ1) is 9.91. The summed E-state index contributed by atoms with van der Waals surface area (Å²) in [6, 6.07) is 3.41. The molecular weight excluding hydrogens is 283 g/mol. The Balaban J connectivity index is 2.03. The first-order valence-electron chi connectivity index (χ1n) is 7.12. The third kappa shape index (κ3) is 3.92. The monoisotopic (exact) mass is 303 g/mol. The Labute approximate surface area is 122 Å². The fourth-order valence-electron chi connectivity index (χ4n) is 2.37. The Hall–Kier alpha value is -1.66. The first-order valence-corrected chi connectivity index (χ1v) is 7.12. The number of nitrogens with two attached hydrogens (primary N) is 1. The molecule has 0 bridgehead atoms. The number of rotatable bonds is 4. The summed E-state index contributed by atoms with van der Waals surface area (Å²) < 4.78 is 43.4. The van der Waals surface area contributed by atoms with Gasteiger partial charge in [-0.25, -0.2) is 0 Å². The molecule has 1 aromatic rings. The highest BCUT2D eigenvalue weighted by molar-refractivity contribution is 5.54. The Morgan fingerprint density at radius 3 is 2.57 bits per heavy atom. The van der Waals surface area contributed by atoms with Crippen LogP contribution in [0, 0.1) is 5.92 Å². The average molecular weight is 303 g/mol. The molecule has 1 fully saturated rings. The van der Waals surface area contributed by atoms with Crippen molar-refractivity contribution in [2.45, 2.75) is 32.4 Å². The van der Waals surface area contributed by atoms with Crippen LogP contribution < -0.4 is 15.4 Å². The lowest BCUT2D eigenvalue weighted by molar-refractivity contribution is -0.179. The number of hydrogen-bond acceptors (Lipinski definition) is 4. The predicted molar refractivity (Wildman–Crippen MR) is 75.4 cm³/mol. The third-order valence-electron chi connectivity index (χ3n) is 3.60. The Morgan fingerprint density at radius 2 is 2.00 bits per heavy atom. The third-order valence-corrected chi connectivity index (χ3v) is 3.60. The van der Waals surface area contributed by atoms with Crippen molar-refractivity contribution in [2.75, 3.05) is 30.3 Å². The van der Waals surface area contributed by atoms with Gasteiger partial charge in [-0.2, -0.15) is 18.2 Å². The maximum Gasteiger partial charge on any atom is 0.391 e. The molecule has 7 heteroatoms. The summed E-state index contributed by atoms with van der Waals surface area (Å²) in [5.74, 6) is -0.235. The molecular formula is C14H20F3N3O. The number of ether oxygens (including phenoxy) is 1. The molecule has 1 aliphatic heterocycles. The van der Waals surface area contributed by atoms with Crippen LogP contribution in [0.2, 0.25) is 0 Å². The highest BCUT2D eigenvalue weighted by atomic mass is 19.4. The van der Waals surface area contributed by atoms with Crippen LogP contribution in [0.15, 0.2) is 12.1 Å². The van der Waals surface area contributed by atoms with E-state index in [1.54, 1.807) is 12.1 Å². The summed E-state index contributed by atoms with van der Waals surface area (Å²) >= 11 is 0. The number of anilines is 2. The lowest BCUT2D eigenvalue weighted by Crippen LogP contribution is -2.39. The summed E-state index contributed by atoms with van der Waals surface area (Å²) in [7, 11) is 0. The van der Waals surface area contributed by atoms with E-state index in [-0.39, 0.29) is 12.8 Å².